The lowest BCUT2D eigenvalue weighted by Gasteiger charge is -2.32. The van der Waals surface area contributed by atoms with Crippen LogP contribution in [-0.4, -0.2) is 35.4 Å². The Hall–Kier alpha value is -2.93. The first-order valence-electron chi connectivity index (χ1n) is 9.92. The molecule has 30 heavy (non-hydrogen) atoms. The summed E-state index contributed by atoms with van der Waals surface area (Å²) in [5.74, 6) is 0.411. The van der Waals surface area contributed by atoms with Gasteiger partial charge in [-0.3, -0.25) is 4.79 Å². The largest absolute Gasteiger partial charge is 0.354 e. The Morgan fingerprint density at radius 2 is 1.83 bits per heavy atom. The summed E-state index contributed by atoms with van der Waals surface area (Å²) in [7, 11) is 0. The second kappa shape index (κ2) is 9.26. The number of carbonyl (C=O) groups excluding carboxylic acids is 1. The smallest absolute Gasteiger partial charge is 0.229 e. The third kappa shape index (κ3) is 4.79. The zero-order chi connectivity index (χ0) is 20.9. The van der Waals surface area contributed by atoms with Crippen LogP contribution in [0.2, 0.25) is 0 Å². The van der Waals surface area contributed by atoms with Gasteiger partial charge in [0, 0.05) is 29.2 Å². The van der Waals surface area contributed by atoms with Gasteiger partial charge in [-0.05, 0) is 79.8 Å². The molecule has 154 valence electrons. The number of nitrogens with one attached hydrogen (secondary N) is 1. The fraction of sp³-hybridized carbons (Fsp3) is 0.261. The third-order valence-corrected chi connectivity index (χ3v) is 6.01. The van der Waals surface area contributed by atoms with E-state index in [0.717, 1.165) is 36.5 Å². The summed E-state index contributed by atoms with van der Waals surface area (Å²) < 4.78 is 13.1. The molecule has 4 rings (SSSR count). The van der Waals surface area contributed by atoms with Gasteiger partial charge in [0.15, 0.2) is 5.82 Å². The molecule has 0 radical (unpaired) electrons. The van der Waals surface area contributed by atoms with Gasteiger partial charge in [-0.2, -0.15) is 0 Å². The predicted molar refractivity (Wildman–Crippen MR) is 119 cm³/mol. The van der Waals surface area contributed by atoms with Gasteiger partial charge in [0.1, 0.15) is 5.82 Å². The van der Waals surface area contributed by atoms with E-state index >= 15 is 0 Å². The fourth-order valence-electron chi connectivity index (χ4n) is 3.59. The first-order chi connectivity index (χ1) is 14.6. The molecule has 2 aromatic carbocycles. The van der Waals surface area contributed by atoms with Crippen LogP contribution in [0.4, 0.5) is 15.9 Å². The van der Waals surface area contributed by atoms with Gasteiger partial charge >= 0.3 is 0 Å². The van der Waals surface area contributed by atoms with Crippen molar-refractivity contribution in [3.05, 3.63) is 66.5 Å². The molecule has 1 amide bonds. The highest BCUT2D eigenvalue weighted by Crippen LogP contribution is 2.25. The number of piperidine rings is 1. The fourth-order valence-corrected chi connectivity index (χ4v) is 3.99. The summed E-state index contributed by atoms with van der Waals surface area (Å²) in [5, 5.41) is 11.7. The molecule has 1 atom stereocenters. The van der Waals surface area contributed by atoms with Crippen molar-refractivity contribution in [3.8, 4) is 11.3 Å². The maximum absolute atomic E-state index is 13.1. The average Bonchev–Trinajstić information content (AvgIpc) is 2.80. The standard InChI is InChI=1S/C23H23FN4OS/c1-30-20-10-8-19(9-11-20)25-23(29)17-3-2-14-28(15-17)22-13-12-21(26-27-22)16-4-6-18(24)7-5-16/h4-13,17H,2-3,14-15H2,1H3,(H,25,29). The molecule has 2 heterocycles. The number of halogens is 1. The minimum atomic E-state index is -0.277. The van der Waals surface area contributed by atoms with Crippen LogP contribution < -0.4 is 10.2 Å². The number of hydrogen-bond acceptors (Lipinski definition) is 5. The van der Waals surface area contributed by atoms with E-state index in [0.29, 0.717) is 12.2 Å². The second-order valence-corrected chi connectivity index (χ2v) is 8.17. The summed E-state index contributed by atoms with van der Waals surface area (Å²) in [4.78, 5) is 16.0. The summed E-state index contributed by atoms with van der Waals surface area (Å²) in [6.45, 7) is 1.45. The first-order valence-corrected chi connectivity index (χ1v) is 11.1. The molecule has 1 saturated heterocycles. The Kier molecular flexibility index (Phi) is 6.28. The normalized spacial score (nSPS) is 16.3. The monoisotopic (exact) mass is 422 g/mol. The van der Waals surface area contributed by atoms with Crippen molar-refractivity contribution in [2.45, 2.75) is 17.7 Å². The molecular formula is C23H23FN4OS. The lowest BCUT2D eigenvalue weighted by molar-refractivity contribution is -0.120. The van der Waals surface area contributed by atoms with Crippen LogP contribution in [0.3, 0.4) is 0 Å². The lowest BCUT2D eigenvalue weighted by Crippen LogP contribution is -2.41. The van der Waals surface area contributed by atoms with Crippen LogP contribution in [0.25, 0.3) is 11.3 Å². The molecule has 1 aliphatic rings. The predicted octanol–water partition coefficient (Wildman–Crippen LogP) is 4.86. The molecule has 0 bridgehead atoms. The molecule has 3 aromatic rings. The number of benzene rings is 2. The SMILES string of the molecule is CSc1ccc(NC(=O)C2CCCN(c3ccc(-c4ccc(F)cc4)nn3)C2)cc1. The van der Waals surface area contributed by atoms with Gasteiger partial charge < -0.3 is 10.2 Å². The number of aromatic nitrogens is 2. The van der Waals surface area contributed by atoms with E-state index in [1.165, 1.54) is 17.0 Å². The van der Waals surface area contributed by atoms with E-state index < -0.39 is 0 Å². The number of hydrogen-bond donors (Lipinski definition) is 1. The zero-order valence-corrected chi connectivity index (χ0v) is 17.5. The highest BCUT2D eigenvalue weighted by Gasteiger charge is 2.27. The van der Waals surface area contributed by atoms with Crippen LogP contribution in [0.1, 0.15) is 12.8 Å². The second-order valence-electron chi connectivity index (χ2n) is 7.29. The number of amides is 1. The van der Waals surface area contributed by atoms with E-state index in [9.17, 15) is 9.18 Å². The Bertz CT molecular complexity index is 993. The highest BCUT2D eigenvalue weighted by atomic mass is 32.2. The van der Waals surface area contributed by atoms with Crippen LogP contribution in [0.15, 0.2) is 65.6 Å². The van der Waals surface area contributed by atoms with Crippen LogP contribution in [0, 0.1) is 11.7 Å². The number of thioether (sulfide) groups is 1. The van der Waals surface area contributed by atoms with E-state index in [4.69, 9.17) is 0 Å². The van der Waals surface area contributed by atoms with Gasteiger partial charge in [-0.1, -0.05) is 0 Å². The van der Waals surface area contributed by atoms with Gasteiger partial charge in [-0.25, -0.2) is 4.39 Å². The molecule has 1 aromatic heterocycles. The van der Waals surface area contributed by atoms with Gasteiger partial charge in [-0.15, -0.1) is 22.0 Å². The Labute approximate surface area is 179 Å². The first kappa shape index (κ1) is 20.3. The molecular weight excluding hydrogens is 399 g/mol. The van der Waals surface area contributed by atoms with E-state index in [1.807, 2.05) is 42.7 Å². The van der Waals surface area contributed by atoms with E-state index in [2.05, 4.69) is 20.4 Å². The average molecular weight is 423 g/mol. The zero-order valence-electron chi connectivity index (χ0n) is 16.7. The van der Waals surface area contributed by atoms with Crippen molar-refractivity contribution in [2.75, 3.05) is 29.6 Å². The molecule has 0 spiro atoms. The summed E-state index contributed by atoms with van der Waals surface area (Å²) in [6.07, 6.45) is 3.80. The Balaban J connectivity index is 1.40. The minimum Gasteiger partial charge on any atom is -0.354 e. The van der Waals surface area contributed by atoms with Crippen LogP contribution >= 0.6 is 11.8 Å². The molecule has 7 heteroatoms. The molecule has 0 aliphatic carbocycles. The van der Waals surface area contributed by atoms with Gasteiger partial charge in [0.25, 0.3) is 0 Å². The van der Waals surface area contributed by atoms with E-state index in [-0.39, 0.29) is 17.6 Å². The number of anilines is 2. The van der Waals surface area contributed by atoms with Crippen LogP contribution in [-0.2, 0) is 4.79 Å². The molecule has 1 unspecified atom stereocenters. The third-order valence-electron chi connectivity index (χ3n) is 5.26. The molecule has 0 saturated carbocycles. The van der Waals surface area contributed by atoms with Crippen molar-refractivity contribution < 1.29 is 9.18 Å². The quantitative estimate of drug-likeness (QED) is 0.595. The van der Waals surface area contributed by atoms with Crippen molar-refractivity contribution in [1.82, 2.24) is 10.2 Å². The Morgan fingerprint density at radius 1 is 1.07 bits per heavy atom. The van der Waals surface area contributed by atoms with Crippen molar-refractivity contribution in [3.63, 3.8) is 0 Å². The number of nitrogens with zero attached hydrogens (tertiary/aromatic N) is 3. The number of rotatable bonds is 5. The number of carbonyl (C=O) groups is 1. The van der Waals surface area contributed by atoms with Crippen molar-refractivity contribution in [1.29, 1.82) is 0 Å². The molecule has 1 fully saturated rings. The highest BCUT2D eigenvalue weighted by molar-refractivity contribution is 7.98. The van der Waals surface area contributed by atoms with Crippen molar-refractivity contribution in [2.24, 2.45) is 5.92 Å². The maximum Gasteiger partial charge on any atom is 0.229 e. The lowest BCUT2D eigenvalue weighted by atomic mass is 9.97. The van der Waals surface area contributed by atoms with Gasteiger partial charge in [0.05, 0.1) is 11.6 Å². The van der Waals surface area contributed by atoms with Gasteiger partial charge in [0.2, 0.25) is 5.91 Å². The van der Waals surface area contributed by atoms with E-state index in [1.54, 1.807) is 23.9 Å². The van der Waals surface area contributed by atoms with Crippen LogP contribution in [0.5, 0.6) is 0 Å². The molecule has 1 N–H and O–H groups in total. The topological polar surface area (TPSA) is 58.1 Å². The van der Waals surface area contributed by atoms with Crippen molar-refractivity contribution >= 4 is 29.2 Å². The minimum absolute atomic E-state index is 0.0347. The summed E-state index contributed by atoms with van der Waals surface area (Å²) in [5.41, 5.74) is 2.33. The summed E-state index contributed by atoms with van der Waals surface area (Å²) >= 11 is 1.67. The molecule has 5 nitrogen and oxygen atoms in total. The summed E-state index contributed by atoms with van der Waals surface area (Å²) in [6, 6.07) is 17.9. The Morgan fingerprint density at radius 3 is 2.50 bits per heavy atom. The molecule has 1 aliphatic heterocycles. The maximum atomic E-state index is 13.1.